The Kier molecular flexibility index (Phi) is 6.67. The van der Waals surface area contributed by atoms with Gasteiger partial charge in [0.1, 0.15) is 5.76 Å². The topological polar surface area (TPSA) is 65.8 Å². The number of likely N-dealkylation sites (N-methyl/N-ethyl adjacent to an activating group) is 1. The first-order valence-corrected chi connectivity index (χ1v) is 8.23. The van der Waals surface area contributed by atoms with Crippen LogP contribution in [0.4, 0.5) is 0 Å². The molecule has 1 atom stereocenters. The minimum absolute atomic E-state index is 0.126. The number of furan rings is 1. The van der Waals surface area contributed by atoms with Crippen molar-refractivity contribution in [2.45, 2.75) is 25.8 Å². The van der Waals surface area contributed by atoms with Crippen LogP contribution < -0.4 is 4.72 Å². The van der Waals surface area contributed by atoms with Crippen LogP contribution in [-0.4, -0.2) is 51.9 Å². The Bertz CT molecular complexity index is 471. The fourth-order valence-corrected chi connectivity index (χ4v) is 2.77. The molecule has 0 aliphatic heterocycles. The maximum absolute atomic E-state index is 12.1. The minimum Gasteiger partial charge on any atom is -0.468 e. The van der Waals surface area contributed by atoms with Gasteiger partial charge in [0.25, 0.3) is 10.2 Å². The number of nitrogens with zero attached hydrogens (tertiary/aromatic N) is 2. The van der Waals surface area contributed by atoms with Crippen molar-refractivity contribution in [3.8, 4) is 0 Å². The van der Waals surface area contributed by atoms with E-state index < -0.39 is 10.2 Å². The molecule has 1 N–H and O–H groups in total. The van der Waals surface area contributed by atoms with Gasteiger partial charge in [-0.3, -0.25) is 4.90 Å². The highest BCUT2D eigenvalue weighted by Gasteiger charge is 2.22. The molecule has 0 fully saturated rings. The highest BCUT2D eigenvalue weighted by atomic mass is 32.2. The monoisotopic (exact) mass is 303 g/mol. The van der Waals surface area contributed by atoms with E-state index in [1.165, 1.54) is 4.31 Å². The molecule has 0 unspecified atom stereocenters. The molecule has 116 valence electrons. The van der Waals surface area contributed by atoms with Gasteiger partial charge in [-0.1, -0.05) is 13.3 Å². The molecule has 20 heavy (non-hydrogen) atoms. The van der Waals surface area contributed by atoms with Gasteiger partial charge in [0, 0.05) is 20.1 Å². The quantitative estimate of drug-likeness (QED) is 0.750. The van der Waals surface area contributed by atoms with Crippen molar-refractivity contribution in [2.24, 2.45) is 0 Å². The number of hydrogen-bond donors (Lipinski definition) is 1. The molecule has 0 spiro atoms. The summed E-state index contributed by atoms with van der Waals surface area (Å²) in [4.78, 5) is 1.92. The molecular weight excluding hydrogens is 278 g/mol. The van der Waals surface area contributed by atoms with Gasteiger partial charge >= 0.3 is 0 Å². The number of nitrogens with one attached hydrogen (secondary N) is 1. The van der Waals surface area contributed by atoms with Gasteiger partial charge in [0.2, 0.25) is 0 Å². The summed E-state index contributed by atoms with van der Waals surface area (Å²) in [6.07, 6.45) is 3.41. The van der Waals surface area contributed by atoms with E-state index in [1.54, 1.807) is 19.4 Å². The van der Waals surface area contributed by atoms with Crippen molar-refractivity contribution in [1.29, 1.82) is 0 Å². The first kappa shape index (κ1) is 17.2. The van der Waals surface area contributed by atoms with Crippen LogP contribution in [0.3, 0.4) is 0 Å². The van der Waals surface area contributed by atoms with E-state index in [4.69, 9.17) is 4.42 Å². The Morgan fingerprint density at radius 2 is 2.05 bits per heavy atom. The van der Waals surface area contributed by atoms with E-state index >= 15 is 0 Å². The standard InChI is InChI=1S/C13H25N3O3S/c1-5-6-9-16(4)20(17,18)14-11-12(15(2)3)13-8-7-10-19-13/h7-8,10,12,14H,5-6,9,11H2,1-4H3/t12-/m0/s1. The van der Waals surface area contributed by atoms with Gasteiger partial charge < -0.3 is 4.42 Å². The molecule has 1 rings (SSSR count). The molecule has 0 saturated heterocycles. The third-order valence-electron chi connectivity index (χ3n) is 3.19. The molecule has 0 amide bonds. The first-order chi connectivity index (χ1) is 9.38. The van der Waals surface area contributed by atoms with E-state index in [-0.39, 0.29) is 12.6 Å². The Hall–Kier alpha value is -0.890. The number of hydrogen-bond acceptors (Lipinski definition) is 4. The predicted molar refractivity (Wildman–Crippen MR) is 79.6 cm³/mol. The largest absolute Gasteiger partial charge is 0.468 e. The fraction of sp³-hybridized carbons (Fsp3) is 0.692. The van der Waals surface area contributed by atoms with E-state index in [9.17, 15) is 8.42 Å². The lowest BCUT2D eigenvalue weighted by Crippen LogP contribution is -2.42. The van der Waals surface area contributed by atoms with Crippen molar-refractivity contribution in [3.05, 3.63) is 24.2 Å². The molecule has 0 radical (unpaired) electrons. The summed E-state index contributed by atoms with van der Waals surface area (Å²) in [5, 5.41) is 0. The molecule has 6 nitrogen and oxygen atoms in total. The molecule has 7 heteroatoms. The predicted octanol–water partition coefficient (Wildman–Crippen LogP) is 1.45. The first-order valence-electron chi connectivity index (χ1n) is 6.79. The second kappa shape index (κ2) is 7.78. The van der Waals surface area contributed by atoms with Crippen LogP contribution in [0.25, 0.3) is 0 Å². The average Bonchev–Trinajstić information content (AvgIpc) is 2.89. The van der Waals surface area contributed by atoms with Crippen LogP contribution in [0.2, 0.25) is 0 Å². The summed E-state index contributed by atoms with van der Waals surface area (Å²) in [5.74, 6) is 0.744. The third-order valence-corrected chi connectivity index (χ3v) is 4.73. The number of rotatable bonds is 9. The lowest BCUT2D eigenvalue weighted by molar-refractivity contribution is 0.258. The van der Waals surface area contributed by atoms with Gasteiger partial charge in [-0.15, -0.1) is 0 Å². The zero-order chi connectivity index (χ0) is 15.2. The van der Waals surface area contributed by atoms with Crippen molar-refractivity contribution in [2.75, 3.05) is 34.2 Å². The summed E-state index contributed by atoms with van der Waals surface area (Å²) in [6.45, 7) is 2.84. The van der Waals surface area contributed by atoms with Gasteiger partial charge in [-0.05, 0) is 32.6 Å². The van der Waals surface area contributed by atoms with Crippen LogP contribution in [0.1, 0.15) is 31.6 Å². The van der Waals surface area contributed by atoms with Crippen molar-refractivity contribution >= 4 is 10.2 Å². The summed E-state index contributed by atoms with van der Waals surface area (Å²) < 4.78 is 33.5. The van der Waals surface area contributed by atoms with Crippen LogP contribution in [0.5, 0.6) is 0 Å². The highest BCUT2D eigenvalue weighted by Crippen LogP contribution is 2.18. The third kappa shape index (κ3) is 4.90. The summed E-state index contributed by atoms with van der Waals surface area (Å²) in [7, 11) is 1.94. The molecule has 1 aromatic rings. The van der Waals surface area contributed by atoms with Gasteiger partial charge in [0.05, 0.1) is 12.3 Å². The molecular formula is C13H25N3O3S. The maximum Gasteiger partial charge on any atom is 0.279 e. The molecule has 0 aliphatic rings. The Balaban J connectivity index is 2.63. The number of unbranched alkanes of at least 4 members (excludes halogenated alkanes) is 1. The zero-order valence-corrected chi connectivity index (χ0v) is 13.5. The zero-order valence-electron chi connectivity index (χ0n) is 12.7. The van der Waals surface area contributed by atoms with Crippen molar-refractivity contribution in [1.82, 2.24) is 13.9 Å². The Labute approximate surface area is 121 Å². The van der Waals surface area contributed by atoms with Crippen LogP contribution in [-0.2, 0) is 10.2 Å². The van der Waals surface area contributed by atoms with E-state index in [0.717, 1.165) is 18.6 Å². The molecule has 1 heterocycles. The normalized spacial score (nSPS) is 14.1. The minimum atomic E-state index is -3.44. The second-order valence-electron chi connectivity index (χ2n) is 5.02. The lowest BCUT2D eigenvalue weighted by Gasteiger charge is -2.24. The van der Waals surface area contributed by atoms with Gasteiger partial charge in [-0.25, -0.2) is 4.72 Å². The molecule has 0 aromatic carbocycles. The van der Waals surface area contributed by atoms with Gasteiger partial charge in [0.15, 0.2) is 0 Å². The summed E-state index contributed by atoms with van der Waals surface area (Å²) >= 11 is 0. The SMILES string of the molecule is CCCCN(C)S(=O)(=O)NC[C@@H](c1ccco1)N(C)C. The Morgan fingerprint density at radius 3 is 2.55 bits per heavy atom. The summed E-state index contributed by atoms with van der Waals surface area (Å²) in [5.41, 5.74) is 0. The fourth-order valence-electron chi connectivity index (χ4n) is 1.81. The maximum atomic E-state index is 12.1. The molecule has 0 aliphatic carbocycles. The van der Waals surface area contributed by atoms with Crippen LogP contribution in [0, 0.1) is 0 Å². The highest BCUT2D eigenvalue weighted by molar-refractivity contribution is 7.87. The summed E-state index contributed by atoms with van der Waals surface area (Å²) in [6, 6.07) is 3.52. The van der Waals surface area contributed by atoms with E-state index in [2.05, 4.69) is 4.72 Å². The molecule has 0 saturated carbocycles. The molecule has 1 aromatic heterocycles. The van der Waals surface area contributed by atoms with Crippen LogP contribution in [0.15, 0.2) is 22.8 Å². The average molecular weight is 303 g/mol. The van der Waals surface area contributed by atoms with Crippen molar-refractivity contribution in [3.63, 3.8) is 0 Å². The van der Waals surface area contributed by atoms with E-state index in [1.807, 2.05) is 32.0 Å². The van der Waals surface area contributed by atoms with Gasteiger partial charge in [-0.2, -0.15) is 12.7 Å². The Morgan fingerprint density at radius 1 is 1.35 bits per heavy atom. The second-order valence-corrected chi connectivity index (χ2v) is 6.89. The smallest absolute Gasteiger partial charge is 0.279 e. The van der Waals surface area contributed by atoms with Crippen molar-refractivity contribution < 1.29 is 12.8 Å². The lowest BCUT2D eigenvalue weighted by atomic mass is 10.2. The van der Waals surface area contributed by atoms with Crippen LogP contribution >= 0.6 is 0 Å². The molecule has 0 bridgehead atoms. The van der Waals surface area contributed by atoms with E-state index in [0.29, 0.717) is 6.54 Å².